The maximum atomic E-state index is 13.4. The van der Waals surface area contributed by atoms with E-state index in [1.165, 1.54) is 23.5 Å². The summed E-state index contributed by atoms with van der Waals surface area (Å²) in [6.07, 6.45) is 1.99. The molecule has 1 aliphatic heterocycles. The van der Waals surface area contributed by atoms with E-state index in [0.717, 1.165) is 71.7 Å². The normalized spacial score (nSPS) is 14.6. The van der Waals surface area contributed by atoms with Gasteiger partial charge in [0.25, 0.3) is 0 Å². The summed E-state index contributed by atoms with van der Waals surface area (Å²) in [4.78, 5) is 26.1. The minimum atomic E-state index is -0.516. The number of hydrogen-bond donors (Lipinski definition) is 1. The highest BCUT2D eigenvalue weighted by Gasteiger charge is 2.26. The van der Waals surface area contributed by atoms with Crippen LogP contribution in [0.4, 0.5) is 26.0 Å². The van der Waals surface area contributed by atoms with Crippen molar-refractivity contribution in [2.24, 2.45) is 0 Å². The van der Waals surface area contributed by atoms with E-state index in [1.807, 2.05) is 54.7 Å². The molecule has 1 aliphatic rings. The number of anilines is 3. The molecule has 0 atom stereocenters. The number of nitrogens with one attached hydrogen (secondary N) is 1. The van der Waals surface area contributed by atoms with E-state index in [0.29, 0.717) is 0 Å². The van der Waals surface area contributed by atoms with Gasteiger partial charge in [-0.05, 0) is 76.4 Å². The minimum absolute atomic E-state index is 0.0710. The van der Waals surface area contributed by atoms with Crippen LogP contribution in [0.2, 0.25) is 0 Å². The summed E-state index contributed by atoms with van der Waals surface area (Å²) in [5.74, 6) is 1.46. The molecule has 11 heteroatoms. The second kappa shape index (κ2) is 10.8. The van der Waals surface area contributed by atoms with Crippen LogP contribution in [0.5, 0.6) is 0 Å². The average molecular weight is 552 g/mol. The predicted octanol–water partition coefficient (Wildman–Crippen LogP) is 5.82. The first-order valence-electron chi connectivity index (χ1n) is 13.2. The molecule has 1 N–H and O–H groups in total. The van der Waals surface area contributed by atoms with Crippen LogP contribution in [0.15, 0.2) is 41.8 Å². The lowest BCUT2D eigenvalue weighted by atomic mass is 10.1. The van der Waals surface area contributed by atoms with E-state index in [1.54, 1.807) is 12.1 Å². The van der Waals surface area contributed by atoms with Gasteiger partial charge in [-0.25, -0.2) is 19.2 Å². The molecule has 4 heterocycles. The van der Waals surface area contributed by atoms with Crippen molar-refractivity contribution in [1.29, 1.82) is 0 Å². The Balaban J connectivity index is 1.34. The van der Waals surface area contributed by atoms with E-state index >= 15 is 0 Å². The van der Waals surface area contributed by atoms with Crippen LogP contribution >= 0.6 is 11.3 Å². The first kappa shape index (κ1) is 26.9. The Morgan fingerprint density at radius 1 is 1.15 bits per heavy atom. The Labute approximate surface area is 231 Å². The molecular formula is C28H34FN7O2S. The molecule has 0 unspecified atom stereocenters. The number of carbonyl (C=O) groups excluding carboxylic acids is 1. The van der Waals surface area contributed by atoms with Gasteiger partial charge in [0.05, 0.1) is 11.4 Å². The molecule has 5 rings (SSSR count). The number of alkyl carbamates (subject to hydrolysis) is 1. The Morgan fingerprint density at radius 3 is 2.54 bits per heavy atom. The SMILES string of the molecule is CCc1nc2ccc(N3CCC(NC(=O)OC(C)(C)C)CC3)nn2c1N(C)c1nc(-c2ccc(F)cc2)cs1. The molecule has 206 valence electrons. The van der Waals surface area contributed by atoms with E-state index in [2.05, 4.69) is 17.1 Å². The fraction of sp³-hybridized carbons (Fsp3) is 0.429. The number of benzene rings is 1. The zero-order valence-corrected chi connectivity index (χ0v) is 23.8. The van der Waals surface area contributed by atoms with Gasteiger partial charge in [-0.15, -0.1) is 16.4 Å². The first-order chi connectivity index (χ1) is 18.6. The highest BCUT2D eigenvalue weighted by Crippen LogP contribution is 2.34. The second-order valence-corrected chi connectivity index (χ2v) is 11.5. The molecule has 0 spiro atoms. The molecular weight excluding hydrogens is 517 g/mol. The highest BCUT2D eigenvalue weighted by atomic mass is 32.1. The minimum Gasteiger partial charge on any atom is -0.444 e. The van der Waals surface area contributed by atoms with E-state index < -0.39 is 5.60 Å². The number of fused-ring (bicyclic) bond motifs is 1. The highest BCUT2D eigenvalue weighted by molar-refractivity contribution is 7.14. The monoisotopic (exact) mass is 551 g/mol. The maximum Gasteiger partial charge on any atom is 0.407 e. The third-order valence-electron chi connectivity index (χ3n) is 6.62. The van der Waals surface area contributed by atoms with Gasteiger partial charge in [-0.3, -0.25) is 0 Å². The number of aromatic nitrogens is 4. The number of amides is 1. The van der Waals surface area contributed by atoms with Crippen molar-refractivity contribution in [2.75, 3.05) is 29.9 Å². The second-order valence-electron chi connectivity index (χ2n) is 10.7. The van der Waals surface area contributed by atoms with Crippen LogP contribution in [0.25, 0.3) is 16.9 Å². The third kappa shape index (κ3) is 5.98. The number of ether oxygens (including phenoxy) is 1. The molecule has 0 bridgehead atoms. The van der Waals surface area contributed by atoms with Gasteiger partial charge < -0.3 is 19.9 Å². The maximum absolute atomic E-state index is 13.4. The molecule has 1 aromatic carbocycles. The van der Waals surface area contributed by atoms with Gasteiger partial charge >= 0.3 is 6.09 Å². The van der Waals surface area contributed by atoms with Gasteiger partial charge in [-0.2, -0.15) is 4.52 Å². The number of hydrogen-bond acceptors (Lipinski definition) is 8. The summed E-state index contributed by atoms with van der Waals surface area (Å²) < 4.78 is 20.7. The third-order valence-corrected chi connectivity index (χ3v) is 7.54. The van der Waals surface area contributed by atoms with E-state index in [-0.39, 0.29) is 18.0 Å². The van der Waals surface area contributed by atoms with Gasteiger partial charge in [0, 0.05) is 37.1 Å². The van der Waals surface area contributed by atoms with Gasteiger partial charge in [-0.1, -0.05) is 6.92 Å². The topological polar surface area (TPSA) is 87.9 Å². The van der Waals surface area contributed by atoms with Crippen molar-refractivity contribution in [3.05, 3.63) is 53.3 Å². The number of nitrogens with zero attached hydrogens (tertiary/aromatic N) is 6. The quantitative estimate of drug-likeness (QED) is 0.323. The number of imidazole rings is 1. The zero-order chi connectivity index (χ0) is 27.7. The standard InChI is InChI=1S/C28H34FN7O2S/c1-6-21-25(34(5)26-32-22(17-39-26)18-7-9-19(29)10-8-18)36-23(31-21)11-12-24(33-36)35-15-13-20(14-16-35)30-27(37)38-28(2,3)4/h7-12,17,20H,6,13-16H2,1-5H3,(H,30,37). The molecule has 4 aromatic rings. The fourth-order valence-corrected chi connectivity index (χ4v) is 5.49. The lowest BCUT2D eigenvalue weighted by molar-refractivity contribution is 0.0497. The van der Waals surface area contributed by atoms with Crippen LogP contribution < -0.4 is 15.1 Å². The zero-order valence-electron chi connectivity index (χ0n) is 22.9. The molecule has 39 heavy (non-hydrogen) atoms. The summed E-state index contributed by atoms with van der Waals surface area (Å²) in [5, 5.41) is 10.7. The van der Waals surface area contributed by atoms with Crippen LogP contribution in [0.1, 0.15) is 46.2 Å². The summed E-state index contributed by atoms with van der Waals surface area (Å²) in [6, 6.07) is 10.4. The Hall–Kier alpha value is -3.73. The molecule has 1 fully saturated rings. The Morgan fingerprint density at radius 2 is 1.87 bits per heavy atom. The predicted molar refractivity (Wildman–Crippen MR) is 153 cm³/mol. The number of halogens is 1. The summed E-state index contributed by atoms with van der Waals surface area (Å²) >= 11 is 1.52. The van der Waals surface area contributed by atoms with Gasteiger partial charge in [0.1, 0.15) is 17.2 Å². The number of rotatable bonds is 6. The van der Waals surface area contributed by atoms with Gasteiger partial charge in [0.2, 0.25) is 0 Å². The molecule has 0 radical (unpaired) electrons. The number of piperidine rings is 1. The summed E-state index contributed by atoms with van der Waals surface area (Å²) in [5.41, 5.74) is 2.85. The number of thiazole rings is 1. The molecule has 1 saturated heterocycles. The van der Waals surface area contributed by atoms with Crippen LogP contribution in [0, 0.1) is 5.82 Å². The van der Waals surface area contributed by atoms with Crippen molar-refractivity contribution in [3.8, 4) is 11.3 Å². The lowest BCUT2D eigenvalue weighted by Crippen LogP contribution is -2.46. The molecule has 9 nitrogen and oxygen atoms in total. The largest absolute Gasteiger partial charge is 0.444 e. The van der Waals surface area contributed by atoms with Crippen molar-refractivity contribution in [3.63, 3.8) is 0 Å². The Bertz CT molecular complexity index is 1450. The van der Waals surface area contributed by atoms with Crippen LogP contribution in [0.3, 0.4) is 0 Å². The van der Waals surface area contributed by atoms with Crippen molar-refractivity contribution in [1.82, 2.24) is 24.9 Å². The fourth-order valence-electron chi connectivity index (χ4n) is 4.69. The smallest absolute Gasteiger partial charge is 0.407 e. The van der Waals surface area contributed by atoms with Crippen LogP contribution in [-0.2, 0) is 11.2 Å². The van der Waals surface area contributed by atoms with E-state index in [9.17, 15) is 9.18 Å². The molecule has 0 aliphatic carbocycles. The first-order valence-corrected chi connectivity index (χ1v) is 14.1. The van der Waals surface area contributed by atoms with Crippen LogP contribution in [-0.4, -0.2) is 57.5 Å². The average Bonchev–Trinajstić information content (AvgIpc) is 3.53. The van der Waals surface area contributed by atoms with Crippen molar-refractivity contribution in [2.45, 2.75) is 58.6 Å². The number of aryl methyl sites for hydroxylation is 1. The molecule has 0 saturated carbocycles. The lowest BCUT2D eigenvalue weighted by Gasteiger charge is -2.33. The number of carbonyl (C=O) groups is 1. The van der Waals surface area contributed by atoms with E-state index in [4.69, 9.17) is 19.8 Å². The van der Waals surface area contributed by atoms with Crippen molar-refractivity contribution < 1.29 is 13.9 Å². The summed E-state index contributed by atoms with van der Waals surface area (Å²) in [6.45, 7) is 9.21. The molecule has 1 amide bonds. The van der Waals surface area contributed by atoms with Crippen molar-refractivity contribution >= 4 is 39.8 Å². The molecule has 3 aromatic heterocycles. The van der Waals surface area contributed by atoms with Gasteiger partial charge in [0.15, 0.2) is 16.6 Å². The summed E-state index contributed by atoms with van der Waals surface area (Å²) in [7, 11) is 1.97. The Kier molecular flexibility index (Phi) is 7.44.